The van der Waals surface area contributed by atoms with Crippen LogP contribution >= 0.6 is 0 Å². The second-order valence-corrected chi connectivity index (χ2v) is 4.14. The number of rotatable bonds is 3. The topological polar surface area (TPSA) is 37.3 Å². The van der Waals surface area contributed by atoms with Gasteiger partial charge in [-0.3, -0.25) is 0 Å². The fraction of sp³-hybridized carbons (Fsp3) is 0.889. The van der Waals surface area contributed by atoms with E-state index in [4.69, 9.17) is 0 Å². The van der Waals surface area contributed by atoms with Gasteiger partial charge in [0, 0.05) is 12.8 Å². The highest BCUT2D eigenvalue weighted by atomic mass is 19.3. The van der Waals surface area contributed by atoms with Crippen LogP contribution < -0.4 is 0 Å². The minimum absolute atomic E-state index is 0.118. The molecule has 0 saturated heterocycles. The summed E-state index contributed by atoms with van der Waals surface area (Å²) < 4.78 is 25.4. The highest BCUT2D eigenvalue weighted by Gasteiger charge is 2.41. The zero-order valence-electron chi connectivity index (χ0n) is 7.59. The van der Waals surface area contributed by atoms with Crippen LogP contribution in [0.25, 0.3) is 0 Å². The first-order valence-corrected chi connectivity index (χ1v) is 4.41. The largest absolute Gasteiger partial charge is 0.383 e. The molecule has 1 fully saturated rings. The highest BCUT2D eigenvalue weighted by Crippen LogP contribution is 2.41. The number of hydrogen-bond donors (Lipinski definition) is 1. The molecule has 0 radical (unpaired) electrons. The summed E-state index contributed by atoms with van der Waals surface area (Å²) in [5.41, 5.74) is -1.44. The van der Waals surface area contributed by atoms with Crippen molar-refractivity contribution in [2.75, 3.05) is 0 Å². The van der Waals surface area contributed by atoms with Gasteiger partial charge < -0.3 is 9.90 Å². The van der Waals surface area contributed by atoms with E-state index in [0.29, 0.717) is 12.7 Å². The maximum Gasteiger partial charge on any atom is 0.248 e. The van der Waals surface area contributed by atoms with E-state index in [2.05, 4.69) is 0 Å². The lowest BCUT2D eigenvalue weighted by molar-refractivity contribution is -0.124. The normalized spacial score (nSPS) is 31.2. The highest BCUT2D eigenvalue weighted by molar-refractivity contribution is 5.61. The van der Waals surface area contributed by atoms with Gasteiger partial charge in [-0.15, -0.1) is 0 Å². The maximum absolute atomic E-state index is 12.7. The van der Waals surface area contributed by atoms with E-state index in [1.165, 1.54) is 6.92 Å². The first kappa shape index (κ1) is 10.6. The lowest BCUT2D eigenvalue weighted by Gasteiger charge is -2.19. The average molecular weight is 192 g/mol. The molecule has 2 nitrogen and oxygen atoms in total. The number of hydrogen-bond acceptors (Lipinski definition) is 2. The summed E-state index contributed by atoms with van der Waals surface area (Å²) in [6, 6.07) is 0. The average Bonchev–Trinajstić information content (AvgIpc) is 2.29. The predicted molar refractivity (Wildman–Crippen MR) is 43.6 cm³/mol. The molecule has 1 aliphatic rings. The summed E-state index contributed by atoms with van der Waals surface area (Å²) in [5.74, 6) is -2.82. The molecule has 0 bridgehead atoms. The van der Waals surface area contributed by atoms with Gasteiger partial charge in [-0.25, -0.2) is 8.78 Å². The molecule has 0 aliphatic heterocycles. The molecule has 1 rings (SSSR count). The molecular formula is C9H14F2O2. The third-order valence-electron chi connectivity index (χ3n) is 2.46. The van der Waals surface area contributed by atoms with E-state index in [1.807, 2.05) is 0 Å². The zero-order chi connectivity index (χ0) is 10.1. The molecule has 4 heteroatoms. The number of alkyl halides is 2. The molecule has 0 aromatic carbocycles. The molecular weight excluding hydrogens is 178 g/mol. The van der Waals surface area contributed by atoms with Gasteiger partial charge in [-0.1, -0.05) is 0 Å². The van der Waals surface area contributed by atoms with Crippen LogP contribution in [-0.4, -0.2) is 22.9 Å². The van der Waals surface area contributed by atoms with Crippen molar-refractivity contribution < 1.29 is 18.7 Å². The second-order valence-electron chi connectivity index (χ2n) is 4.14. The summed E-state index contributed by atoms with van der Waals surface area (Å²) in [6.45, 7) is 1.36. The van der Waals surface area contributed by atoms with Crippen molar-refractivity contribution in [2.24, 2.45) is 5.92 Å². The van der Waals surface area contributed by atoms with Gasteiger partial charge in [-0.05, 0) is 25.7 Å². The number of aldehydes is 1. The maximum atomic E-state index is 12.7. The summed E-state index contributed by atoms with van der Waals surface area (Å²) >= 11 is 0. The van der Waals surface area contributed by atoms with E-state index >= 15 is 0 Å². The van der Waals surface area contributed by atoms with E-state index in [0.717, 1.165) is 0 Å². The zero-order valence-corrected chi connectivity index (χ0v) is 7.59. The molecule has 0 spiro atoms. The molecule has 0 aromatic heterocycles. The molecule has 1 aliphatic carbocycles. The van der Waals surface area contributed by atoms with Crippen molar-refractivity contribution in [3.8, 4) is 0 Å². The van der Waals surface area contributed by atoms with Crippen molar-refractivity contribution in [2.45, 2.75) is 44.1 Å². The summed E-state index contributed by atoms with van der Waals surface area (Å²) in [5, 5.41) is 9.34. The monoisotopic (exact) mass is 192 g/mol. The number of halogens is 2. The van der Waals surface area contributed by atoms with Crippen molar-refractivity contribution in [1.82, 2.24) is 0 Å². The van der Waals surface area contributed by atoms with Gasteiger partial charge in [-0.2, -0.15) is 0 Å². The van der Waals surface area contributed by atoms with Crippen molar-refractivity contribution in [3.63, 3.8) is 0 Å². The molecule has 13 heavy (non-hydrogen) atoms. The minimum Gasteiger partial charge on any atom is -0.383 e. The Morgan fingerprint density at radius 1 is 1.69 bits per heavy atom. The number of carbonyl (C=O) groups is 1. The Bertz CT molecular complexity index is 202. The van der Waals surface area contributed by atoms with Gasteiger partial charge in [0.05, 0.1) is 0 Å². The van der Waals surface area contributed by atoms with Crippen molar-refractivity contribution >= 4 is 6.29 Å². The molecule has 0 aromatic rings. The fourth-order valence-corrected chi connectivity index (χ4v) is 1.85. The summed E-state index contributed by atoms with van der Waals surface area (Å²) in [4.78, 5) is 10.3. The molecule has 0 amide bonds. The minimum atomic E-state index is -2.59. The Morgan fingerprint density at radius 2 is 2.31 bits per heavy atom. The Hall–Kier alpha value is -0.510. The lowest BCUT2D eigenvalue weighted by Crippen LogP contribution is -2.29. The van der Waals surface area contributed by atoms with Crippen LogP contribution in [0.5, 0.6) is 0 Å². The van der Waals surface area contributed by atoms with E-state index in [-0.39, 0.29) is 25.2 Å². The third kappa shape index (κ3) is 3.03. The Kier molecular flexibility index (Phi) is 2.71. The van der Waals surface area contributed by atoms with Crippen LogP contribution in [0.4, 0.5) is 8.78 Å². The van der Waals surface area contributed by atoms with Gasteiger partial charge in [0.15, 0.2) is 6.29 Å². The molecule has 0 heterocycles. The van der Waals surface area contributed by atoms with Crippen molar-refractivity contribution in [3.05, 3.63) is 0 Å². The van der Waals surface area contributed by atoms with Gasteiger partial charge in [0.25, 0.3) is 0 Å². The summed E-state index contributed by atoms with van der Waals surface area (Å²) in [6.07, 6.45) is 0.649. The van der Waals surface area contributed by atoms with Crippen LogP contribution in [0, 0.1) is 5.92 Å². The van der Waals surface area contributed by atoms with Crippen LogP contribution in [0.3, 0.4) is 0 Å². The molecule has 1 saturated carbocycles. The Labute approximate surface area is 75.9 Å². The second kappa shape index (κ2) is 3.33. The van der Waals surface area contributed by atoms with Crippen molar-refractivity contribution in [1.29, 1.82) is 0 Å². The third-order valence-corrected chi connectivity index (χ3v) is 2.46. The van der Waals surface area contributed by atoms with Gasteiger partial charge in [0.1, 0.15) is 5.60 Å². The first-order chi connectivity index (χ1) is 5.85. The molecule has 2 unspecified atom stereocenters. The van der Waals surface area contributed by atoms with Gasteiger partial charge >= 0.3 is 0 Å². The lowest BCUT2D eigenvalue weighted by atomic mass is 9.92. The van der Waals surface area contributed by atoms with E-state index in [1.54, 1.807) is 0 Å². The van der Waals surface area contributed by atoms with Crippen LogP contribution in [-0.2, 0) is 4.79 Å². The molecule has 1 N–H and O–H groups in total. The quantitative estimate of drug-likeness (QED) is 0.692. The summed E-state index contributed by atoms with van der Waals surface area (Å²) in [7, 11) is 0. The SMILES string of the molecule is CC(O)(C=O)CC1CCC(F)(F)C1. The smallest absolute Gasteiger partial charge is 0.248 e. The Morgan fingerprint density at radius 3 is 2.69 bits per heavy atom. The standard InChI is InChI=1S/C9H14F2O2/c1-8(13,6-12)4-7-2-3-9(10,11)5-7/h6-7,13H,2-5H2,1H3. The predicted octanol–water partition coefficient (Wildman–Crippen LogP) is 1.76. The molecule has 76 valence electrons. The molecule has 2 atom stereocenters. The number of carbonyl (C=O) groups excluding carboxylic acids is 1. The fourth-order valence-electron chi connectivity index (χ4n) is 1.85. The van der Waals surface area contributed by atoms with Crippen LogP contribution in [0.2, 0.25) is 0 Å². The van der Waals surface area contributed by atoms with E-state index < -0.39 is 11.5 Å². The van der Waals surface area contributed by atoms with E-state index in [9.17, 15) is 18.7 Å². The number of aliphatic hydroxyl groups is 1. The van der Waals surface area contributed by atoms with Gasteiger partial charge in [0.2, 0.25) is 5.92 Å². The Balaban J connectivity index is 2.45. The van der Waals surface area contributed by atoms with Crippen LogP contribution in [0.1, 0.15) is 32.6 Å². The van der Waals surface area contributed by atoms with Crippen LogP contribution in [0.15, 0.2) is 0 Å². The first-order valence-electron chi connectivity index (χ1n) is 4.41.